The number of hydrogen-bond acceptors (Lipinski definition) is 6. The number of carbonyl (C=O) groups is 2. The Morgan fingerprint density at radius 2 is 1.83 bits per heavy atom. The summed E-state index contributed by atoms with van der Waals surface area (Å²) in [5.41, 5.74) is 2.62. The highest BCUT2D eigenvalue weighted by Gasteiger charge is 2.36. The smallest absolute Gasteiger partial charge is 0.408 e. The molecule has 2 atom stereocenters. The molecule has 2 aromatic carbocycles. The summed E-state index contributed by atoms with van der Waals surface area (Å²) in [6, 6.07) is 18.6. The summed E-state index contributed by atoms with van der Waals surface area (Å²) in [7, 11) is 0. The molecule has 0 spiro atoms. The summed E-state index contributed by atoms with van der Waals surface area (Å²) >= 11 is 1.18. The van der Waals surface area contributed by atoms with Crippen LogP contribution in [0, 0.1) is 5.92 Å². The molecule has 8 heteroatoms. The molecule has 1 amide bonds. The number of alkyl carbamates (subject to hydrolysis) is 1. The molecule has 3 aliphatic heterocycles. The fourth-order valence-electron chi connectivity index (χ4n) is 4.85. The van der Waals surface area contributed by atoms with E-state index in [1.54, 1.807) is 11.4 Å². The van der Waals surface area contributed by atoms with Gasteiger partial charge in [-0.05, 0) is 66.6 Å². The van der Waals surface area contributed by atoms with E-state index in [1.807, 2.05) is 54.6 Å². The number of nitrogens with one attached hydrogen (secondary N) is 1. The van der Waals surface area contributed by atoms with Gasteiger partial charge < -0.3 is 19.9 Å². The van der Waals surface area contributed by atoms with Gasteiger partial charge in [0.2, 0.25) is 0 Å². The van der Waals surface area contributed by atoms with Crippen LogP contribution in [0.15, 0.2) is 66.0 Å². The highest BCUT2D eigenvalue weighted by atomic mass is 32.1. The van der Waals surface area contributed by atoms with Crippen molar-refractivity contribution in [1.82, 2.24) is 10.2 Å². The second kappa shape index (κ2) is 10.5. The van der Waals surface area contributed by atoms with E-state index in [0.29, 0.717) is 11.7 Å². The van der Waals surface area contributed by atoms with E-state index in [2.05, 4.69) is 10.2 Å². The topological polar surface area (TPSA) is 88.1 Å². The van der Waals surface area contributed by atoms with Crippen LogP contribution in [0.1, 0.15) is 45.2 Å². The summed E-state index contributed by atoms with van der Waals surface area (Å²) < 4.78 is 11.8. The second-order valence-corrected chi connectivity index (χ2v) is 9.97. The maximum Gasteiger partial charge on any atom is 0.408 e. The van der Waals surface area contributed by atoms with Gasteiger partial charge in [-0.2, -0.15) is 0 Å². The largest absolute Gasteiger partial charge is 0.489 e. The predicted molar refractivity (Wildman–Crippen MR) is 133 cm³/mol. The number of hydrogen-bond donors (Lipinski definition) is 2. The summed E-state index contributed by atoms with van der Waals surface area (Å²) in [5, 5.41) is 14.0. The van der Waals surface area contributed by atoms with E-state index in [0.717, 1.165) is 49.2 Å². The summed E-state index contributed by atoms with van der Waals surface area (Å²) in [4.78, 5) is 26.7. The molecule has 0 aliphatic carbocycles. The predicted octanol–water partition coefficient (Wildman–Crippen LogP) is 4.94. The Morgan fingerprint density at radius 3 is 2.51 bits per heavy atom. The van der Waals surface area contributed by atoms with Gasteiger partial charge in [-0.3, -0.25) is 4.90 Å². The van der Waals surface area contributed by atoms with Crippen molar-refractivity contribution < 1.29 is 24.2 Å². The molecular formula is C27H28N2O5S. The van der Waals surface area contributed by atoms with Crippen molar-refractivity contribution >= 4 is 23.4 Å². The first-order chi connectivity index (χ1) is 17.0. The summed E-state index contributed by atoms with van der Waals surface area (Å²) in [6.45, 7) is 3.25. The Kier molecular flexibility index (Phi) is 7.01. The van der Waals surface area contributed by atoms with Gasteiger partial charge in [0.15, 0.2) is 0 Å². The first-order valence-corrected chi connectivity index (χ1v) is 12.7. The van der Waals surface area contributed by atoms with Gasteiger partial charge in [0.05, 0.1) is 6.04 Å². The van der Waals surface area contributed by atoms with Gasteiger partial charge in [-0.15, -0.1) is 11.3 Å². The lowest BCUT2D eigenvalue weighted by Gasteiger charge is -2.43. The van der Waals surface area contributed by atoms with Crippen molar-refractivity contribution in [3.05, 3.63) is 87.6 Å². The average molecular weight is 493 g/mol. The highest BCUT2D eigenvalue weighted by molar-refractivity contribution is 7.12. The van der Waals surface area contributed by atoms with Crippen molar-refractivity contribution in [1.29, 1.82) is 0 Å². The van der Waals surface area contributed by atoms with Crippen LogP contribution in [0.2, 0.25) is 0 Å². The van der Waals surface area contributed by atoms with E-state index >= 15 is 0 Å². The quantitative estimate of drug-likeness (QED) is 0.463. The second-order valence-electron chi connectivity index (χ2n) is 9.06. The number of carboxylic acids is 1. The normalized spacial score (nSPS) is 21.8. The maximum atomic E-state index is 13.0. The van der Waals surface area contributed by atoms with Crippen molar-refractivity contribution in [3.63, 3.8) is 0 Å². The molecular weight excluding hydrogens is 464 g/mol. The Bertz CT molecular complexity index is 1170. The molecule has 3 aromatic rings. The molecule has 3 fully saturated rings. The molecule has 3 aliphatic rings. The number of fused-ring (bicyclic) bond motifs is 3. The minimum absolute atomic E-state index is 0.0649. The zero-order valence-electron chi connectivity index (χ0n) is 19.3. The number of piperidine rings is 3. The Morgan fingerprint density at radius 1 is 1.06 bits per heavy atom. The van der Waals surface area contributed by atoms with Gasteiger partial charge >= 0.3 is 12.1 Å². The monoisotopic (exact) mass is 492 g/mol. The number of aromatic carboxylic acids is 1. The number of rotatable bonds is 8. The van der Waals surface area contributed by atoms with Gasteiger partial charge in [0.1, 0.15) is 23.3 Å². The van der Waals surface area contributed by atoms with Crippen LogP contribution in [0.3, 0.4) is 0 Å². The van der Waals surface area contributed by atoms with Gasteiger partial charge in [-0.25, -0.2) is 9.59 Å². The van der Waals surface area contributed by atoms with Crippen LogP contribution in [0.25, 0.3) is 0 Å². The fourth-order valence-corrected chi connectivity index (χ4v) is 5.59. The van der Waals surface area contributed by atoms with Crippen LogP contribution >= 0.6 is 11.3 Å². The summed E-state index contributed by atoms with van der Waals surface area (Å²) in [6.07, 6.45) is 1.68. The lowest BCUT2D eigenvalue weighted by Crippen LogP contribution is -2.52. The molecule has 0 saturated carbocycles. The molecule has 7 nitrogen and oxygen atoms in total. The molecule has 6 rings (SSSR count). The minimum Gasteiger partial charge on any atom is -0.489 e. The Hall–Kier alpha value is -3.36. The third kappa shape index (κ3) is 5.66. The third-order valence-electron chi connectivity index (χ3n) is 6.71. The zero-order valence-corrected chi connectivity index (χ0v) is 20.1. The van der Waals surface area contributed by atoms with E-state index < -0.39 is 18.1 Å². The molecule has 4 heterocycles. The fraction of sp³-hybridized carbons (Fsp3) is 0.333. The first-order valence-electron chi connectivity index (χ1n) is 11.8. The van der Waals surface area contributed by atoms with E-state index in [1.165, 1.54) is 11.3 Å². The number of nitrogens with zero attached hydrogens (tertiary/aromatic N) is 1. The van der Waals surface area contributed by atoms with Crippen LogP contribution in [-0.2, 0) is 11.3 Å². The highest BCUT2D eigenvalue weighted by Crippen LogP contribution is 2.31. The standard InChI is InChI=1S/C27H28N2O5S/c30-26(31)24-13-18(17-35-24)16-33-22-8-4-7-21(14-22)25(20-5-2-1-3-6-20)28-27(32)34-23-15-29-11-9-19(23)10-12-29/h1-8,13-14,17,19,23,25H,9-12,15-16H2,(H,28,32)(H,30,31)/t23-,25?/m0/s1. The van der Waals surface area contributed by atoms with Crippen molar-refractivity contribution in [3.8, 4) is 5.75 Å². The van der Waals surface area contributed by atoms with E-state index in [-0.39, 0.29) is 17.6 Å². The SMILES string of the molecule is O=C(NC(c1ccccc1)c1cccc(OCc2csc(C(=O)O)c2)c1)O[C@H]1CN2CCC1CC2. The number of carbonyl (C=O) groups excluding carboxylic acids is 1. The molecule has 182 valence electrons. The van der Waals surface area contributed by atoms with Crippen molar-refractivity contribution in [2.24, 2.45) is 5.92 Å². The van der Waals surface area contributed by atoms with Crippen LogP contribution < -0.4 is 10.1 Å². The number of amides is 1. The summed E-state index contributed by atoms with van der Waals surface area (Å²) in [5.74, 6) is 0.139. The Balaban J connectivity index is 1.29. The molecule has 2 N–H and O–H groups in total. The lowest BCUT2D eigenvalue weighted by molar-refractivity contribution is -0.0336. The molecule has 1 unspecified atom stereocenters. The maximum absolute atomic E-state index is 13.0. The minimum atomic E-state index is -0.940. The molecule has 0 radical (unpaired) electrons. The number of ether oxygens (including phenoxy) is 2. The van der Waals surface area contributed by atoms with E-state index in [9.17, 15) is 9.59 Å². The van der Waals surface area contributed by atoms with E-state index in [4.69, 9.17) is 14.6 Å². The zero-order chi connectivity index (χ0) is 24.2. The molecule has 1 aromatic heterocycles. The van der Waals surface area contributed by atoms with Crippen LogP contribution in [0.4, 0.5) is 4.79 Å². The average Bonchev–Trinajstić information content (AvgIpc) is 3.37. The van der Waals surface area contributed by atoms with Gasteiger partial charge in [-0.1, -0.05) is 42.5 Å². The number of thiophene rings is 1. The Labute approximate surface area is 208 Å². The third-order valence-corrected chi connectivity index (χ3v) is 7.68. The van der Waals surface area contributed by atoms with Gasteiger partial charge in [0, 0.05) is 12.1 Å². The number of benzene rings is 2. The molecule has 35 heavy (non-hydrogen) atoms. The molecule has 2 bridgehead atoms. The van der Waals surface area contributed by atoms with Crippen LogP contribution in [-0.4, -0.2) is 47.8 Å². The van der Waals surface area contributed by atoms with Crippen molar-refractivity contribution in [2.75, 3.05) is 19.6 Å². The first kappa shape index (κ1) is 23.4. The van der Waals surface area contributed by atoms with Gasteiger partial charge in [0.25, 0.3) is 0 Å². The number of carboxylic acid groups (broad SMARTS) is 1. The van der Waals surface area contributed by atoms with Crippen LogP contribution in [0.5, 0.6) is 5.75 Å². The lowest BCUT2D eigenvalue weighted by atomic mass is 9.86. The van der Waals surface area contributed by atoms with Crippen molar-refractivity contribution in [2.45, 2.75) is 31.6 Å². The molecule has 3 saturated heterocycles.